The monoisotopic (exact) mass is 444 g/mol. The molecular weight excluding hydrogens is 420 g/mol. The molecule has 2 aromatic rings. The van der Waals surface area contributed by atoms with Crippen LogP contribution in [-0.2, 0) is 9.47 Å². The number of methoxy groups -OCH3 is 1. The van der Waals surface area contributed by atoms with Crippen molar-refractivity contribution in [2.45, 2.75) is 0 Å². The van der Waals surface area contributed by atoms with E-state index in [-0.39, 0.29) is 11.6 Å². The largest absolute Gasteiger partial charge is 0.496 e. The summed E-state index contributed by atoms with van der Waals surface area (Å²) in [5, 5.41) is 15.3. The van der Waals surface area contributed by atoms with Gasteiger partial charge in [0.2, 0.25) is 17.8 Å². The van der Waals surface area contributed by atoms with E-state index in [0.29, 0.717) is 75.8 Å². The SMILES string of the molecule is COc1ccc([N+](=O)[O-])cc1/C=N/Nc1nc(N2CCOCC2)nc(N2CCOCC2)n1. The molecule has 13 nitrogen and oxygen atoms in total. The molecule has 0 saturated carbocycles. The molecule has 0 bridgehead atoms. The van der Waals surface area contributed by atoms with Crippen molar-refractivity contribution in [1.82, 2.24) is 15.0 Å². The van der Waals surface area contributed by atoms with Gasteiger partial charge in [-0.25, -0.2) is 5.43 Å². The molecule has 1 aromatic heterocycles. The third-order valence-corrected chi connectivity index (χ3v) is 4.99. The average Bonchev–Trinajstić information content (AvgIpc) is 2.85. The fourth-order valence-corrected chi connectivity index (χ4v) is 3.31. The minimum Gasteiger partial charge on any atom is -0.496 e. The molecule has 3 heterocycles. The van der Waals surface area contributed by atoms with E-state index in [1.807, 2.05) is 9.80 Å². The summed E-state index contributed by atoms with van der Waals surface area (Å²) in [5.74, 6) is 1.80. The molecular formula is C19H24N8O5. The Bertz CT molecular complexity index is 940. The molecule has 0 radical (unpaired) electrons. The van der Waals surface area contributed by atoms with Crippen LogP contribution < -0.4 is 20.0 Å². The van der Waals surface area contributed by atoms with Crippen molar-refractivity contribution in [2.75, 3.05) is 74.9 Å². The first-order chi connectivity index (χ1) is 15.6. The summed E-state index contributed by atoms with van der Waals surface area (Å²) in [4.78, 5) is 28.3. The van der Waals surface area contributed by atoms with Gasteiger partial charge in [0.05, 0.1) is 44.7 Å². The van der Waals surface area contributed by atoms with Crippen molar-refractivity contribution in [2.24, 2.45) is 5.10 Å². The number of aromatic nitrogens is 3. The minimum absolute atomic E-state index is 0.0587. The first-order valence-corrected chi connectivity index (χ1v) is 10.2. The molecule has 2 saturated heterocycles. The van der Waals surface area contributed by atoms with Crippen LogP contribution in [0.1, 0.15) is 5.56 Å². The van der Waals surface area contributed by atoms with Gasteiger partial charge in [-0.3, -0.25) is 10.1 Å². The molecule has 0 unspecified atom stereocenters. The van der Waals surface area contributed by atoms with Crippen LogP contribution in [0.15, 0.2) is 23.3 Å². The number of nitrogens with one attached hydrogen (secondary N) is 1. The quantitative estimate of drug-likeness (QED) is 0.370. The van der Waals surface area contributed by atoms with Crippen molar-refractivity contribution >= 4 is 29.7 Å². The highest BCUT2D eigenvalue weighted by molar-refractivity contribution is 5.85. The zero-order chi connectivity index (χ0) is 22.3. The standard InChI is InChI=1S/C19H24N8O5/c1-30-16-3-2-15(27(28)29)12-14(16)13-20-24-17-21-18(25-4-8-31-9-5-25)23-19(22-17)26-6-10-32-11-7-26/h2-3,12-13H,4-11H2,1H3,(H,21,22,23,24)/b20-13+. The van der Waals surface area contributed by atoms with Crippen molar-refractivity contribution in [3.8, 4) is 5.75 Å². The fraction of sp³-hybridized carbons (Fsp3) is 0.474. The zero-order valence-corrected chi connectivity index (χ0v) is 17.6. The lowest BCUT2D eigenvalue weighted by atomic mass is 10.2. The number of non-ortho nitro benzene ring substituents is 1. The average molecular weight is 444 g/mol. The van der Waals surface area contributed by atoms with Gasteiger partial charge in [0, 0.05) is 43.9 Å². The Morgan fingerprint density at radius 1 is 1.06 bits per heavy atom. The van der Waals surface area contributed by atoms with E-state index in [4.69, 9.17) is 14.2 Å². The molecule has 0 spiro atoms. The number of nitro benzene ring substituents is 1. The van der Waals surface area contributed by atoms with Gasteiger partial charge >= 0.3 is 0 Å². The Kier molecular flexibility index (Phi) is 6.87. The molecule has 2 aliphatic rings. The maximum atomic E-state index is 11.1. The Morgan fingerprint density at radius 2 is 1.66 bits per heavy atom. The summed E-state index contributed by atoms with van der Waals surface area (Å²) in [6, 6.07) is 4.28. The van der Waals surface area contributed by atoms with Crippen LogP contribution in [0.3, 0.4) is 0 Å². The topological polar surface area (TPSA) is 140 Å². The molecule has 0 atom stereocenters. The van der Waals surface area contributed by atoms with Gasteiger partial charge in [0.1, 0.15) is 5.75 Å². The third-order valence-electron chi connectivity index (χ3n) is 4.99. The van der Waals surface area contributed by atoms with Crippen LogP contribution in [-0.4, -0.2) is 85.8 Å². The first kappa shape index (κ1) is 21.6. The molecule has 2 fully saturated rings. The lowest BCUT2D eigenvalue weighted by Gasteiger charge is -2.30. The summed E-state index contributed by atoms with van der Waals surface area (Å²) in [7, 11) is 1.49. The zero-order valence-electron chi connectivity index (χ0n) is 17.6. The summed E-state index contributed by atoms with van der Waals surface area (Å²) in [6.07, 6.45) is 1.43. The van der Waals surface area contributed by atoms with Crippen molar-refractivity contribution < 1.29 is 19.1 Å². The maximum absolute atomic E-state index is 11.1. The predicted octanol–water partition coefficient (Wildman–Crippen LogP) is 0.908. The Morgan fingerprint density at radius 3 is 2.19 bits per heavy atom. The van der Waals surface area contributed by atoms with Gasteiger partial charge in [0.25, 0.3) is 5.69 Å². The van der Waals surface area contributed by atoms with Gasteiger partial charge in [-0.15, -0.1) is 0 Å². The van der Waals surface area contributed by atoms with Crippen LogP contribution in [0.4, 0.5) is 23.5 Å². The Hall–Kier alpha value is -3.58. The van der Waals surface area contributed by atoms with E-state index in [0.717, 1.165) is 0 Å². The number of nitrogens with zero attached hydrogens (tertiary/aromatic N) is 7. The number of rotatable bonds is 7. The molecule has 32 heavy (non-hydrogen) atoms. The van der Waals surface area contributed by atoms with E-state index in [2.05, 4.69) is 25.5 Å². The van der Waals surface area contributed by atoms with Crippen molar-refractivity contribution in [1.29, 1.82) is 0 Å². The van der Waals surface area contributed by atoms with Crippen LogP contribution in [0.2, 0.25) is 0 Å². The smallest absolute Gasteiger partial charge is 0.270 e. The number of morpholine rings is 2. The van der Waals surface area contributed by atoms with Crippen molar-refractivity contribution in [3.05, 3.63) is 33.9 Å². The number of hydrogen-bond acceptors (Lipinski definition) is 12. The Balaban J connectivity index is 1.58. The van der Waals surface area contributed by atoms with Crippen LogP contribution >= 0.6 is 0 Å². The fourth-order valence-electron chi connectivity index (χ4n) is 3.31. The summed E-state index contributed by atoms with van der Waals surface area (Å²) >= 11 is 0. The molecule has 1 aromatic carbocycles. The van der Waals surface area contributed by atoms with Gasteiger partial charge in [0.15, 0.2) is 0 Å². The number of nitro groups is 1. The summed E-state index contributed by atoms with van der Waals surface area (Å²) in [5.41, 5.74) is 3.21. The van der Waals surface area contributed by atoms with E-state index in [1.165, 1.54) is 31.5 Å². The second-order valence-electron chi connectivity index (χ2n) is 7.01. The third kappa shape index (κ3) is 5.18. The molecule has 4 rings (SSSR count). The lowest BCUT2D eigenvalue weighted by molar-refractivity contribution is -0.384. The maximum Gasteiger partial charge on any atom is 0.270 e. The number of anilines is 3. The lowest BCUT2D eigenvalue weighted by Crippen LogP contribution is -2.40. The minimum atomic E-state index is -0.473. The molecule has 0 amide bonds. The number of benzene rings is 1. The van der Waals surface area contributed by atoms with E-state index < -0.39 is 4.92 Å². The predicted molar refractivity (Wildman–Crippen MR) is 117 cm³/mol. The van der Waals surface area contributed by atoms with Gasteiger partial charge in [-0.05, 0) is 6.07 Å². The Labute approximate surface area is 184 Å². The van der Waals surface area contributed by atoms with Gasteiger partial charge in [-0.2, -0.15) is 20.1 Å². The molecule has 1 N–H and O–H groups in total. The van der Waals surface area contributed by atoms with Gasteiger partial charge < -0.3 is 24.0 Å². The van der Waals surface area contributed by atoms with Crippen LogP contribution in [0.25, 0.3) is 0 Å². The highest BCUT2D eigenvalue weighted by Crippen LogP contribution is 2.23. The van der Waals surface area contributed by atoms with Gasteiger partial charge in [-0.1, -0.05) is 0 Å². The van der Waals surface area contributed by atoms with E-state index in [9.17, 15) is 10.1 Å². The normalized spacial score (nSPS) is 16.9. The number of hydrazone groups is 1. The van der Waals surface area contributed by atoms with Crippen LogP contribution in [0, 0.1) is 10.1 Å². The highest BCUT2D eigenvalue weighted by Gasteiger charge is 2.20. The van der Waals surface area contributed by atoms with E-state index >= 15 is 0 Å². The second-order valence-corrected chi connectivity index (χ2v) is 7.01. The first-order valence-electron chi connectivity index (χ1n) is 10.2. The summed E-state index contributed by atoms with van der Waals surface area (Å²) < 4.78 is 16.1. The highest BCUT2D eigenvalue weighted by atomic mass is 16.6. The molecule has 2 aliphatic heterocycles. The number of hydrogen-bond donors (Lipinski definition) is 1. The van der Waals surface area contributed by atoms with Crippen molar-refractivity contribution in [3.63, 3.8) is 0 Å². The second kappa shape index (κ2) is 10.2. The molecule has 170 valence electrons. The van der Waals surface area contributed by atoms with E-state index in [1.54, 1.807) is 0 Å². The summed E-state index contributed by atoms with van der Waals surface area (Å²) in [6.45, 7) is 5.14. The molecule has 0 aliphatic carbocycles. The molecule has 13 heteroatoms. The van der Waals surface area contributed by atoms with Crippen LogP contribution in [0.5, 0.6) is 5.75 Å². The number of ether oxygens (including phenoxy) is 3.